The summed E-state index contributed by atoms with van der Waals surface area (Å²) in [5.41, 5.74) is 2.10. The van der Waals surface area contributed by atoms with Gasteiger partial charge in [-0.25, -0.2) is 8.42 Å². The zero-order valence-corrected chi connectivity index (χ0v) is 20.5. The molecule has 0 aromatic heterocycles. The molecule has 0 unspecified atom stereocenters. The van der Waals surface area contributed by atoms with Crippen LogP contribution in [0.15, 0.2) is 53.4 Å². The number of hydrogen-bond donors (Lipinski definition) is 1. The molecule has 1 atom stereocenters. The van der Waals surface area contributed by atoms with Crippen LogP contribution in [0.25, 0.3) is 0 Å². The fourth-order valence-corrected chi connectivity index (χ4v) is 5.02. The van der Waals surface area contributed by atoms with E-state index in [4.69, 9.17) is 9.47 Å². The molecule has 33 heavy (non-hydrogen) atoms. The molecule has 1 aliphatic rings. The van der Waals surface area contributed by atoms with Crippen molar-refractivity contribution in [2.45, 2.75) is 31.3 Å². The molecular weight excluding hydrogens is 442 g/mol. The number of nitrogens with one attached hydrogen (secondary N) is 1. The molecule has 1 heterocycles. The molecule has 9 heteroatoms. The second-order valence-electron chi connectivity index (χ2n) is 8.48. The monoisotopic (exact) mass is 475 g/mol. The Morgan fingerprint density at radius 3 is 2.24 bits per heavy atom. The second kappa shape index (κ2) is 11.0. The van der Waals surface area contributed by atoms with Gasteiger partial charge < -0.3 is 19.3 Å². The van der Waals surface area contributed by atoms with Gasteiger partial charge in [0, 0.05) is 32.4 Å². The first-order valence-corrected chi connectivity index (χ1v) is 12.5. The number of morpholine rings is 1. The molecule has 1 N–H and O–H groups in total. The SMILES string of the molecule is COc1ccc(S(=O)(=O)N[C@H](C(=O)N(C)Cc2ccc(N3CCOCC3)cc2)C(C)C)cc1. The smallest absolute Gasteiger partial charge is 0.241 e. The highest BCUT2D eigenvalue weighted by atomic mass is 32.2. The van der Waals surface area contributed by atoms with Crippen molar-refractivity contribution in [3.8, 4) is 5.75 Å². The van der Waals surface area contributed by atoms with Gasteiger partial charge >= 0.3 is 0 Å². The largest absolute Gasteiger partial charge is 0.497 e. The molecule has 180 valence electrons. The summed E-state index contributed by atoms with van der Waals surface area (Å²) in [4.78, 5) is 17.1. The molecule has 1 fully saturated rings. The quantitative estimate of drug-likeness (QED) is 0.600. The maximum absolute atomic E-state index is 13.2. The normalized spacial score (nSPS) is 15.4. The molecule has 0 spiro atoms. The van der Waals surface area contributed by atoms with E-state index in [9.17, 15) is 13.2 Å². The van der Waals surface area contributed by atoms with E-state index in [2.05, 4.69) is 9.62 Å². The van der Waals surface area contributed by atoms with Crippen molar-refractivity contribution < 1.29 is 22.7 Å². The zero-order valence-electron chi connectivity index (χ0n) is 19.7. The number of hydrogen-bond acceptors (Lipinski definition) is 6. The van der Waals surface area contributed by atoms with Crippen LogP contribution >= 0.6 is 0 Å². The van der Waals surface area contributed by atoms with Gasteiger partial charge in [-0.3, -0.25) is 4.79 Å². The number of ether oxygens (including phenoxy) is 2. The number of nitrogens with zero attached hydrogens (tertiary/aromatic N) is 2. The van der Waals surface area contributed by atoms with Gasteiger partial charge in [0.2, 0.25) is 15.9 Å². The molecule has 1 aliphatic heterocycles. The Balaban J connectivity index is 1.66. The predicted octanol–water partition coefficient (Wildman–Crippen LogP) is 2.49. The van der Waals surface area contributed by atoms with Crippen molar-refractivity contribution in [3.05, 3.63) is 54.1 Å². The second-order valence-corrected chi connectivity index (χ2v) is 10.2. The van der Waals surface area contributed by atoms with Gasteiger partial charge in [0.05, 0.1) is 25.2 Å². The Morgan fingerprint density at radius 1 is 1.09 bits per heavy atom. The van der Waals surface area contributed by atoms with Crippen molar-refractivity contribution in [2.24, 2.45) is 5.92 Å². The third kappa shape index (κ3) is 6.46. The minimum Gasteiger partial charge on any atom is -0.497 e. The Morgan fingerprint density at radius 2 is 1.70 bits per heavy atom. The molecule has 2 aromatic rings. The summed E-state index contributed by atoms with van der Waals surface area (Å²) in [6.07, 6.45) is 0. The first-order chi connectivity index (χ1) is 15.7. The Hall–Kier alpha value is -2.62. The lowest BCUT2D eigenvalue weighted by Gasteiger charge is -2.29. The zero-order chi connectivity index (χ0) is 24.0. The number of likely N-dealkylation sites (N-methyl/N-ethyl adjacent to an activating group) is 1. The maximum atomic E-state index is 13.2. The minimum atomic E-state index is -3.87. The molecule has 0 saturated carbocycles. The number of benzene rings is 2. The Labute approximate surface area is 196 Å². The van der Waals surface area contributed by atoms with E-state index in [1.165, 1.54) is 19.2 Å². The first kappa shape index (κ1) is 25.0. The van der Waals surface area contributed by atoms with Gasteiger partial charge in [0.1, 0.15) is 11.8 Å². The van der Waals surface area contributed by atoms with Gasteiger partial charge in [-0.2, -0.15) is 4.72 Å². The number of rotatable bonds is 9. The molecule has 0 aliphatic carbocycles. The fourth-order valence-electron chi connectivity index (χ4n) is 3.68. The lowest BCUT2D eigenvalue weighted by atomic mass is 10.0. The molecular formula is C24H33N3O5S. The lowest BCUT2D eigenvalue weighted by molar-refractivity contribution is -0.133. The average molecular weight is 476 g/mol. The molecule has 0 radical (unpaired) electrons. The van der Waals surface area contributed by atoms with E-state index in [1.807, 2.05) is 38.1 Å². The van der Waals surface area contributed by atoms with Gasteiger partial charge in [-0.05, 0) is 47.9 Å². The molecule has 1 saturated heterocycles. The number of sulfonamides is 1. The molecule has 3 rings (SSSR count). The number of amides is 1. The van der Waals surface area contributed by atoms with Crippen LogP contribution in [0.3, 0.4) is 0 Å². The highest BCUT2D eigenvalue weighted by molar-refractivity contribution is 7.89. The van der Waals surface area contributed by atoms with E-state index < -0.39 is 16.1 Å². The van der Waals surface area contributed by atoms with Crippen LogP contribution in [0.5, 0.6) is 5.75 Å². The van der Waals surface area contributed by atoms with Crippen molar-refractivity contribution >= 4 is 21.6 Å². The summed E-state index contributed by atoms with van der Waals surface area (Å²) in [6.45, 7) is 7.21. The summed E-state index contributed by atoms with van der Waals surface area (Å²) in [5, 5.41) is 0. The van der Waals surface area contributed by atoms with Gasteiger partial charge in [0.15, 0.2) is 0 Å². The van der Waals surface area contributed by atoms with Crippen LogP contribution in [-0.2, 0) is 26.1 Å². The topological polar surface area (TPSA) is 88.2 Å². The van der Waals surface area contributed by atoms with E-state index in [0.29, 0.717) is 12.3 Å². The number of methoxy groups -OCH3 is 1. The average Bonchev–Trinajstić information content (AvgIpc) is 2.83. The summed E-state index contributed by atoms with van der Waals surface area (Å²) in [7, 11) is -0.663. The maximum Gasteiger partial charge on any atom is 0.241 e. The van der Waals surface area contributed by atoms with Crippen LogP contribution in [-0.4, -0.2) is 65.7 Å². The van der Waals surface area contributed by atoms with Crippen molar-refractivity contribution in [2.75, 3.05) is 45.4 Å². The third-order valence-electron chi connectivity index (χ3n) is 5.69. The van der Waals surface area contributed by atoms with Crippen LogP contribution in [0.2, 0.25) is 0 Å². The summed E-state index contributed by atoms with van der Waals surface area (Å²) in [6, 6.07) is 13.3. The van der Waals surface area contributed by atoms with Crippen LogP contribution in [0.1, 0.15) is 19.4 Å². The summed E-state index contributed by atoms with van der Waals surface area (Å²) in [5.74, 6) is 0.0563. The van der Waals surface area contributed by atoms with Crippen molar-refractivity contribution in [1.82, 2.24) is 9.62 Å². The summed E-state index contributed by atoms with van der Waals surface area (Å²) >= 11 is 0. The third-order valence-corrected chi connectivity index (χ3v) is 7.15. The van der Waals surface area contributed by atoms with Crippen LogP contribution in [0, 0.1) is 5.92 Å². The highest BCUT2D eigenvalue weighted by Gasteiger charge is 2.30. The Kier molecular flexibility index (Phi) is 8.34. The van der Waals surface area contributed by atoms with E-state index in [-0.39, 0.29) is 16.7 Å². The van der Waals surface area contributed by atoms with Crippen molar-refractivity contribution in [3.63, 3.8) is 0 Å². The van der Waals surface area contributed by atoms with E-state index >= 15 is 0 Å². The molecule has 0 bridgehead atoms. The van der Waals surface area contributed by atoms with E-state index in [0.717, 1.165) is 37.6 Å². The highest BCUT2D eigenvalue weighted by Crippen LogP contribution is 2.20. The minimum absolute atomic E-state index is 0.0862. The fraction of sp³-hybridized carbons (Fsp3) is 0.458. The van der Waals surface area contributed by atoms with Crippen LogP contribution in [0.4, 0.5) is 5.69 Å². The molecule has 1 amide bonds. The van der Waals surface area contributed by atoms with E-state index in [1.54, 1.807) is 24.1 Å². The molecule has 2 aromatic carbocycles. The summed E-state index contributed by atoms with van der Waals surface area (Å²) < 4.78 is 38.8. The Bertz CT molecular complexity index is 1020. The predicted molar refractivity (Wildman–Crippen MR) is 128 cm³/mol. The standard InChI is InChI=1S/C24H33N3O5S/c1-18(2)23(25-33(29,30)22-11-9-21(31-4)10-12-22)24(28)26(3)17-19-5-7-20(8-6-19)27-13-15-32-16-14-27/h5-12,18,23,25H,13-17H2,1-4H3/t23-/m0/s1. The van der Waals surface area contributed by atoms with Gasteiger partial charge in [-0.1, -0.05) is 26.0 Å². The molecule has 8 nitrogen and oxygen atoms in total. The first-order valence-electron chi connectivity index (χ1n) is 11.0. The van der Waals surface area contributed by atoms with Crippen LogP contribution < -0.4 is 14.4 Å². The number of anilines is 1. The lowest BCUT2D eigenvalue weighted by Crippen LogP contribution is -2.49. The number of carbonyl (C=O) groups is 1. The van der Waals surface area contributed by atoms with Gasteiger partial charge in [-0.15, -0.1) is 0 Å². The van der Waals surface area contributed by atoms with Gasteiger partial charge in [0.25, 0.3) is 0 Å². The number of carbonyl (C=O) groups excluding carboxylic acids is 1. The van der Waals surface area contributed by atoms with Crippen molar-refractivity contribution in [1.29, 1.82) is 0 Å².